The third kappa shape index (κ3) is 7.74. The molecule has 3 heteroatoms. The smallest absolute Gasteiger partial charge is 0.0564 e. The van der Waals surface area contributed by atoms with E-state index in [1.165, 1.54) is 25.9 Å². The van der Waals surface area contributed by atoms with Gasteiger partial charge in [0.15, 0.2) is 0 Å². The monoisotopic (exact) mass is 244 g/mol. The molecule has 104 valence electrons. The molecule has 3 nitrogen and oxygen atoms in total. The third-order valence-electron chi connectivity index (χ3n) is 3.70. The van der Waals surface area contributed by atoms with Crippen LogP contribution in [0.2, 0.25) is 0 Å². The molecule has 2 heterocycles. The molecule has 2 aliphatic heterocycles. The predicted octanol–water partition coefficient (Wildman–Crippen LogP) is 2.06. The van der Waals surface area contributed by atoms with E-state index >= 15 is 0 Å². The molecule has 0 atom stereocenters. The van der Waals surface area contributed by atoms with Gasteiger partial charge >= 0.3 is 0 Å². The van der Waals surface area contributed by atoms with Gasteiger partial charge in [-0.15, -0.1) is 0 Å². The van der Waals surface area contributed by atoms with Crippen LogP contribution in [0.15, 0.2) is 0 Å². The number of hydrogen-bond donors (Lipinski definition) is 1. The largest absolute Gasteiger partial charge is 0.393 e. The summed E-state index contributed by atoms with van der Waals surface area (Å²) in [4.78, 5) is 4.65. The highest BCUT2D eigenvalue weighted by atomic mass is 16.3. The zero-order valence-corrected chi connectivity index (χ0v) is 11.2. The van der Waals surface area contributed by atoms with Crippen molar-refractivity contribution in [2.24, 2.45) is 5.92 Å². The molecule has 2 rings (SSSR count). The lowest BCUT2D eigenvalue weighted by atomic mass is 10.00. The molecule has 0 saturated carbocycles. The molecule has 0 aromatic rings. The van der Waals surface area contributed by atoms with Crippen LogP contribution in [0.25, 0.3) is 0 Å². The molecule has 0 unspecified atom stereocenters. The van der Waals surface area contributed by atoms with E-state index in [1.807, 2.05) is 0 Å². The number of aliphatic hydroxyl groups is 1. The van der Waals surface area contributed by atoms with E-state index < -0.39 is 0 Å². The summed E-state index contributed by atoms with van der Waals surface area (Å²) in [5.41, 5.74) is 0. The summed E-state index contributed by atoms with van der Waals surface area (Å²) in [5.74, 6) is 0.978. The lowest BCUT2D eigenvalue weighted by Gasteiger charge is -2.26. The minimum atomic E-state index is -0.0220. The third-order valence-corrected chi connectivity index (χ3v) is 3.70. The first-order valence-electron chi connectivity index (χ1n) is 6.63. The highest BCUT2D eigenvalue weighted by Crippen LogP contribution is 2.13. The van der Waals surface area contributed by atoms with Crippen LogP contribution >= 0.6 is 0 Å². The molecule has 17 heavy (non-hydrogen) atoms. The van der Waals surface area contributed by atoms with E-state index in [2.05, 4.69) is 30.8 Å². The number of rotatable bonds is 0. The van der Waals surface area contributed by atoms with E-state index in [9.17, 15) is 0 Å². The van der Waals surface area contributed by atoms with Crippen LogP contribution in [0.3, 0.4) is 0 Å². The Kier molecular flexibility index (Phi) is 8.83. The Hall–Kier alpha value is -0.120. The lowest BCUT2D eigenvalue weighted by molar-refractivity contribution is 0.0943. The molecular weight excluding hydrogens is 212 g/mol. The number of nitrogens with zero attached hydrogens (tertiary/aromatic N) is 2. The molecule has 2 saturated heterocycles. The van der Waals surface area contributed by atoms with E-state index in [-0.39, 0.29) is 13.5 Å². The van der Waals surface area contributed by atoms with E-state index in [4.69, 9.17) is 5.11 Å². The molecule has 0 bridgehead atoms. The maximum absolute atomic E-state index is 9.00. The van der Waals surface area contributed by atoms with Crippen molar-refractivity contribution in [3.8, 4) is 0 Å². The normalized spacial score (nSPS) is 24.7. The van der Waals surface area contributed by atoms with Gasteiger partial charge in [0.1, 0.15) is 0 Å². The van der Waals surface area contributed by atoms with Crippen LogP contribution in [0.1, 0.15) is 40.0 Å². The van der Waals surface area contributed by atoms with Gasteiger partial charge in [0.05, 0.1) is 6.10 Å². The summed E-state index contributed by atoms with van der Waals surface area (Å²) < 4.78 is 0. The number of piperidine rings is 2. The predicted molar refractivity (Wildman–Crippen MR) is 75.4 cm³/mol. The molecule has 2 fully saturated rings. The standard InChI is InChI=1S/C7H15N.C6H13NO.CH4/c1-7-3-5-8(2)6-4-7;1-7-4-2-6(8)3-5-7;/h7H,3-6H2,1-2H3;6,8H,2-5H2,1H3;1H4. The van der Waals surface area contributed by atoms with E-state index in [0.717, 1.165) is 31.8 Å². The van der Waals surface area contributed by atoms with Crippen molar-refractivity contribution in [1.29, 1.82) is 0 Å². The second-order valence-electron chi connectivity index (χ2n) is 5.52. The summed E-state index contributed by atoms with van der Waals surface area (Å²) >= 11 is 0. The average molecular weight is 244 g/mol. The Balaban J connectivity index is 0.000000284. The van der Waals surface area contributed by atoms with Crippen molar-refractivity contribution in [2.75, 3.05) is 40.3 Å². The maximum atomic E-state index is 9.00. The Labute approximate surface area is 108 Å². The molecule has 0 amide bonds. The van der Waals surface area contributed by atoms with Crippen molar-refractivity contribution in [1.82, 2.24) is 9.80 Å². The Bertz CT molecular complexity index is 131. The van der Waals surface area contributed by atoms with Gasteiger partial charge in [-0.05, 0) is 58.8 Å². The summed E-state index contributed by atoms with van der Waals surface area (Å²) in [7, 11) is 4.29. The van der Waals surface area contributed by atoms with Crippen LogP contribution in [-0.2, 0) is 0 Å². The van der Waals surface area contributed by atoms with Crippen molar-refractivity contribution in [2.45, 2.75) is 46.1 Å². The molecule has 0 spiro atoms. The first-order valence-corrected chi connectivity index (χ1v) is 6.63. The zero-order valence-electron chi connectivity index (χ0n) is 11.2. The van der Waals surface area contributed by atoms with Crippen LogP contribution in [0, 0.1) is 5.92 Å². The van der Waals surface area contributed by atoms with Gasteiger partial charge in [0.2, 0.25) is 0 Å². The maximum Gasteiger partial charge on any atom is 0.0564 e. The minimum absolute atomic E-state index is 0. The number of likely N-dealkylation sites (tertiary alicyclic amines) is 2. The molecule has 1 N–H and O–H groups in total. The van der Waals surface area contributed by atoms with Gasteiger partial charge < -0.3 is 14.9 Å². The van der Waals surface area contributed by atoms with Crippen LogP contribution in [0.4, 0.5) is 0 Å². The Morgan fingerprint density at radius 3 is 1.47 bits per heavy atom. The second-order valence-corrected chi connectivity index (χ2v) is 5.52. The van der Waals surface area contributed by atoms with Gasteiger partial charge in [0.25, 0.3) is 0 Å². The second kappa shape index (κ2) is 8.90. The fourth-order valence-corrected chi connectivity index (χ4v) is 2.13. The summed E-state index contributed by atoms with van der Waals surface area (Å²) in [6.07, 6.45) is 4.69. The zero-order chi connectivity index (χ0) is 12.0. The van der Waals surface area contributed by atoms with Crippen LogP contribution in [0.5, 0.6) is 0 Å². The van der Waals surface area contributed by atoms with Crippen LogP contribution < -0.4 is 0 Å². The Morgan fingerprint density at radius 2 is 1.18 bits per heavy atom. The highest BCUT2D eigenvalue weighted by Gasteiger charge is 2.12. The first kappa shape index (κ1) is 16.9. The van der Waals surface area contributed by atoms with E-state index in [0.29, 0.717) is 0 Å². The van der Waals surface area contributed by atoms with Gasteiger partial charge in [-0.25, -0.2) is 0 Å². The first-order chi connectivity index (χ1) is 7.58. The molecule has 0 aliphatic carbocycles. The topological polar surface area (TPSA) is 26.7 Å². The Morgan fingerprint density at radius 1 is 0.824 bits per heavy atom. The summed E-state index contributed by atoms with van der Waals surface area (Å²) in [6, 6.07) is 0. The van der Waals surface area contributed by atoms with Crippen molar-refractivity contribution in [3.63, 3.8) is 0 Å². The SMILES string of the molecule is C.CC1CCN(C)CC1.CN1CCC(O)CC1. The lowest BCUT2D eigenvalue weighted by Crippen LogP contribution is -2.32. The molecule has 0 aromatic heterocycles. The quantitative estimate of drug-likeness (QED) is 0.706. The van der Waals surface area contributed by atoms with E-state index in [1.54, 1.807) is 0 Å². The summed E-state index contributed by atoms with van der Waals surface area (Å²) in [5, 5.41) is 9.00. The van der Waals surface area contributed by atoms with Crippen molar-refractivity contribution < 1.29 is 5.11 Å². The molecule has 0 aromatic carbocycles. The van der Waals surface area contributed by atoms with Gasteiger partial charge in [-0.3, -0.25) is 0 Å². The summed E-state index contributed by atoms with van der Waals surface area (Å²) in [6.45, 7) is 7.07. The highest BCUT2D eigenvalue weighted by molar-refractivity contribution is 4.67. The average Bonchev–Trinajstić information content (AvgIpc) is 2.28. The van der Waals surface area contributed by atoms with Gasteiger partial charge in [0, 0.05) is 13.1 Å². The fourth-order valence-electron chi connectivity index (χ4n) is 2.13. The molecular formula is C14H32N2O. The number of aliphatic hydroxyl groups excluding tert-OH is 1. The fraction of sp³-hybridized carbons (Fsp3) is 1.00. The molecule has 2 aliphatic rings. The molecule has 0 radical (unpaired) electrons. The van der Waals surface area contributed by atoms with Crippen molar-refractivity contribution >= 4 is 0 Å². The van der Waals surface area contributed by atoms with Gasteiger partial charge in [-0.1, -0.05) is 14.4 Å². The minimum Gasteiger partial charge on any atom is -0.393 e. The van der Waals surface area contributed by atoms with Crippen molar-refractivity contribution in [3.05, 3.63) is 0 Å². The van der Waals surface area contributed by atoms with Crippen LogP contribution in [-0.4, -0.2) is 61.3 Å². The number of hydrogen-bond acceptors (Lipinski definition) is 3. The van der Waals surface area contributed by atoms with Gasteiger partial charge in [-0.2, -0.15) is 0 Å².